The number of likely N-dealkylation sites (tertiary alicyclic amines) is 1. The van der Waals surface area contributed by atoms with Crippen molar-refractivity contribution in [2.75, 3.05) is 6.54 Å². The van der Waals surface area contributed by atoms with E-state index in [0.717, 1.165) is 21.7 Å². The summed E-state index contributed by atoms with van der Waals surface area (Å²) in [5, 5.41) is 17.1. The van der Waals surface area contributed by atoms with Gasteiger partial charge in [-0.1, -0.05) is 43.3 Å². The van der Waals surface area contributed by atoms with Crippen LogP contribution in [0.5, 0.6) is 0 Å². The molecular weight excluding hydrogens is 567 g/mol. The number of halogens is 1. The molecule has 0 aliphatic carbocycles. The van der Waals surface area contributed by atoms with Crippen molar-refractivity contribution in [2.45, 2.75) is 51.8 Å². The Labute approximate surface area is 215 Å². The Balaban J connectivity index is 1.43. The number of aryl methyl sites for hydroxylation is 1. The van der Waals surface area contributed by atoms with Crippen molar-refractivity contribution < 1.29 is 19.2 Å². The van der Waals surface area contributed by atoms with Gasteiger partial charge in [0, 0.05) is 25.6 Å². The lowest BCUT2D eigenvalue weighted by atomic mass is 9.91. The number of nitrogens with one attached hydrogen (secondary N) is 1. The number of β-amino-alcohol motifs (C(OH)–C–C–N with tert-alkyl or cyclic N) is 1. The van der Waals surface area contributed by atoms with Gasteiger partial charge in [0.1, 0.15) is 15.7 Å². The van der Waals surface area contributed by atoms with Gasteiger partial charge in [-0.25, -0.2) is 4.98 Å². The molecule has 10 heteroatoms. The van der Waals surface area contributed by atoms with Crippen LogP contribution >= 0.6 is 33.9 Å². The summed E-state index contributed by atoms with van der Waals surface area (Å²) >= 11 is 3.63. The van der Waals surface area contributed by atoms with Crippen LogP contribution in [-0.2, 0) is 16.1 Å². The average molecular weight is 594 g/mol. The molecule has 3 atom stereocenters. The normalized spacial score (nSPS) is 18.9. The third kappa shape index (κ3) is 5.33. The summed E-state index contributed by atoms with van der Waals surface area (Å²) in [6, 6.07) is 8.99. The Morgan fingerprint density at radius 2 is 2.06 bits per heavy atom. The molecule has 1 saturated heterocycles. The predicted octanol–water partition coefficient (Wildman–Crippen LogP) is 3.73. The van der Waals surface area contributed by atoms with Crippen molar-refractivity contribution >= 4 is 45.7 Å². The number of aliphatic hydroxyl groups is 1. The Morgan fingerprint density at radius 1 is 1.32 bits per heavy atom. The summed E-state index contributed by atoms with van der Waals surface area (Å²) in [6.45, 7) is 6.29. The van der Waals surface area contributed by atoms with Gasteiger partial charge in [0.25, 0.3) is 0 Å². The number of nitrogens with zero attached hydrogens (tertiary/aromatic N) is 3. The molecule has 0 bridgehead atoms. The van der Waals surface area contributed by atoms with E-state index >= 15 is 0 Å². The summed E-state index contributed by atoms with van der Waals surface area (Å²) in [4.78, 5) is 33.4. The van der Waals surface area contributed by atoms with E-state index in [0.29, 0.717) is 16.0 Å². The SMILES string of the molecule is Cc1ncsc1-c1ccc(CNC(=O)C2CC(O)CN2C(=O)C(c2cc(I)no2)C(C)C)cc1. The molecule has 1 aliphatic heterocycles. The number of thiazole rings is 1. The lowest BCUT2D eigenvalue weighted by Gasteiger charge is -2.28. The average Bonchev–Trinajstić information content (AvgIpc) is 3.52. The number of benzene rings is 1. The number of rotatable bonds is 7. The largest absolute Gasteiger partial charge is 0.391 e. The molecule has 3 aromatic rings. The second kappa shape index (κ2) is 10.5. The highest BCUT2D eigenvalue weighted by atomic mass is 127. The van der Waals surface area contributed by atoms with Crippen molar-refractivity contribution in [1.82, 2.24) is 20.4 Å². The maximum Gasteiger partial charge on any atom is 0.243 e. The van der Waals surface area contributed by atoms with Crippen LogP contribution < -0.4 is 5.32 Å². The standard InChI is InChI=1S/C24H27IN4O4S/c1-13(2)21(19-9-20(25)28-33-19)24(32)29-11-17(30)8-18(29)23(31)26-10-15-4-6-16(7-5-15)22-14(3)27-12-34-22/h4-7,9,12-13,17-18,21,30H,8,10-11H2,1-3H3,(H,26,31). The zero-order chi connectivity index (χ0) is 24.4. The second-order valence-electron chi connectivity index (χ2n) is 8.85. The predicted molar refractivity (Wildman–Crippen MR) is 137 cm³/mol. The van der Waals surface area contributed by atoms with Crippen molar-refractivity contribution in [3.05, 3.63) is 56.6 Å². The quantitative estimate of drug-likeness (QED) is 0.404. The molecule has 3 heterocycles. The van der Waals surface area contributed by atoms with Crippen molar-refractivity contribution in [2.24, 2.45) is 5.92 Å². The molecule has 34 heavy (non-hydrogen) atoms. The summed E-state index contributed by atoms with van der Waals surface area (Å²) in [6.07, 6.45) is -0.538. The van der Waals surface area contributed by atoms with E-state index in [-0.39, 0.29) is 30.7 Å². The molecule has 2 N–H and O–H groups in total. The first-order chi connectivity index (χ1) is 16.2. The monoisotopic (exact) mass is 594 g/mol. The van der Waals surface area contributed by atoms with Crippen molar-refractivity contribution in [3.8, 4) is 10.4 Å². The van der Waals surface area contributed by atoms with Gasteiger partial charge in [-0.3, -0.25) is 9.59 Å². The molecule has 1 fully saturated rings. The molecule has 3 unspecified atom stereocenters. The Hall–Kier alpha value is -2.31. The highest BCUT2D eigenvalue weighted by molar-refractivity contribution is 14.1. The van der Waals surface area contributed by atoms with E-state index in [4.69, 9.17) is 4.52 Å². The summed E-state index contributed by atoms with van der Waals surface area (Å²) in [5.74, 6) is -0.663. The van der Waals surface area contributed by atoms with E-state index in [1.54, 1.807) is 17.4 Å². The highest BCUT2D eigenvalue weighted by Crippen LogP contribution is 2.31. The number of hydrogen-bond donors (Lipinski definition) is 2. The fourth-order valence-corrected chi connectivity index (χ4v) is 5.51. The smallest absolute Gasteiger partial charge is 0.243 e. The van der Waals surface area contributed by atoms with Gasteiger partial charge in [0.2, 0.25) is 11.8 Å². The van der Waals surface area contributed by atoms with Crippen LogP contribution in [0.4, 0.5) is 0 Å². The zero-order valence-corrected chi connectivity index (χ0v) is 22.2. The van der Waals surface area contributed by atoms with Crippen molar-refractivity contribution in [3.63, 3.8) is 0 Å². The van der Waals surface area contributed by atoms with E-state index in [1.807, 2.05) is 73.1 Å². The summed E-state index contributed by atoms with van der Waals surface area (Å²) in [7, 11) is 0. The van der Waals surface area contributed by atoms with Gasteiger partial charge >= 0.3 is 0 Å². The third-order valence-corrected chi connectivity index (χ3v) is 7.52. The first-order valence-electron chi connectivity index (χ1n) is 11.1. The molecule has 8 nitrogen and oxygen atoms in total. The fourth-order valence-electron chi connectivity index (χ4n) is 4.29. The third-order valence-electron chi connectivity index (χ3n) is 6.03. The molecule has 0 saturated carbocycles. The van der Waals surface area contributed by atoms with Gasteiger partial charge < -0.3 is 19.8 Å². The van der Waals surface area contributed by atoms with Gasteiger partial charge in [-0.15, -0.1) is 11.3 Å². The Kier molecular flexibility index (Phi) is 7.68. The minimum Gasteiger partial charge on any atom is -0.391 e. The van der Waals surface area contributed by atoms with E-state index in [1.165, 1.54) is 4.90 Å². The van der Waals surface area contributed by atoms with E-state index < -0.39 is 18.1 Å². The maximum absolute atomic E-state index is 13.4. The van der Waals surface area contributed by atoms with Gasteiger partial charge in [-0.05, 0) is 46.6 Å². The van der Waals surface area contributed by atoms with E-state index in [9.17, 15) is 14.7 Å². The molecule has 1 aliphatic rings. The first kappa shape index (κ1) is 24.8. The zero-order valence-electron chi connectivity index (χ0n) is 19.2. The van der Waals surface area contributed by atoms with Crippen LogP contribution in [0, 0.1) is 16.5 Å². The molecular formula is C24H27IN4O4S. The summed E-state index contributed by atoms with van der Waals surface area (Å²) in [5.41, 5.74) is 4.87. The van der Waals surface area contributed by atoms with Crippen LogP contribution in [0.3, 0.4) is 0 Å². The van der Waals surface area contributed by atoms with Crippen LogP contribution in [0.2, 0.25) is 0 Å². The van der Waals surface area contributed by atoms with Crippen molar-refractivity contribution in [1.29, 1.82) is 0 Å². The minimum absolute atomic E-state index is 0.0570. The number of carbonyl (C=O) groups excluding carboxylic acids is 2. The Morgan fingerprint density at radius 3 is 2.65 bits per heavy atom. The second-order valence-corrected chi connectivity index (χ2v) is 10.8. The number of aromatic nitrogens is 2. The number of carbonyl (C=O) groups is 2. The molecule has 1 aromatic carbocycles. The molecule has 2 aromatic heterocycles. The molecule has 0 spiro atoms. The van der Waals surface area contributed by atoms with Crippen LogP contribution in [0.25, 0.3) is 10.4 Å². The number of aliphatic hydroxyl groups excluding tert-OH is 1. The highest BCUT2D eigenvalue weighted by Gasteiger charge is 2.43. The van der Waals surface area contributed by atoms with Crippen LogP contribution in [-0.4, -0.2) is 50.7 Å². The van der Waals surface area contributed by atoms with Gasteiger partial charge in [0.15, 0.2) is 5.76 Å². The molecule has 2 amide bonds. The first-order valence-corrected chi connectivity index (χ1v) is 13.1. The fraction of sp³-hybridized carbons (Fsp3) is 0.417. The lowest BCUT2D eigenvalue weighted by molar-refractivity contribution is -0.141. The topological polar surface area (TPSA) is 109 Å². The van der Waals surface area contributed by atoms with Crippen LogP contribution in [0.1, 0.15) is 43.2 Å². The van der Waals surface area contributed by atoms with E-state index in [2.05, 4.69) is 15.5 Å². The lowest BCUT2D eigenvalue weighted by Crippen LogP contribution is -2.48. The molecule has 180 valence electrons. The number of amides is 2. The molecule has 0 radical (unpaired) electrons. The minimum atomic E-state index is -0.746. The number of hydrogen-bond acceptors (Lipinski definition) is 7. The van der Waals surface area contributed by atoms with Crippen LogP contribution in [0.15, 0.2) is 40.4 Å². The Bertz CT molecular complexity index is 1160. The van der Waals surface area contributed by atoms with Gasteiger partial charge in [0.05, 0.1) is 22.2 Å². The maximum atomic E-state index is 13.4. The molecule has 4 rings (SSSR count). The van der Waals surface area contributed by atoms with Gasteiger partial charge in [-0.2, -0.15) is 0 Å². The summed E-state index contributed by atoms with van der Waals surface area (Å²) < 4.78 is 6.03.